The maximum absolute atomic E-state index is 12.1. The van der Waals surface area contributed by atoms with Gasteiger partial charge in [-0.05, 0) is 43.3 Å². The van der Waals surface area contributed by atoms with Crippen molar-refractivity contribution in [2.75, 3.05) is 0 Å². The lowest BCUT2D eigenvalue weighted by Crippen LogP contribution is -2.39. The first-order valence-electron chi connectivity index (χ1n) is 7.35. The zero-order valence-electron chi connectivity index (χ0n) is 11.9. The fraction of sp³-hybridized carbons (Fsp3) is 0.533. The Kier molecular flexibility index (Phi) is 5.20. The molecule has 1 atom stereocenters. The van der Waals surface area contributed by atoms with E-state index >= 15 is 0 Å². The van der Waals surface area contributed by atoms with E-state index in [0.29, 0.717) is 16.9 Å². The molecule has 0 heterocycles. The van der Waals surface area contributed by atoms with Gasteiger partial charge in [-0.25, -0.2) is 0 Å². The lowest BCUT2D eigenvalue weighted by molar-refractivity contribution is 0.0919. The Balaban J connectivity index is 1.93. The van der Waals surface area contributed by atoms with Crippen LogP contribution in [0.5, 0.6) is 0 Å². The van der Waals surface area contributed by atoms with Crippen molar-refractivity contribution in [3.8, 4) is 0 Å². The van der Waals surface area contributed by atoms with E-state index in [1.165, 1.54) is 32.1 Å². The number of carbonyl (C=O) groups is 1. The number of hydrogen-bond donors (Lipinski definition) is 3. The summed E-state index contributed by atoms with van der Waals surface area (Å²) in [4.78, 5) is 12.1. The van der Waals surface area contributed by atoms with Crippen LogP contribution in [0.3, 0.4) is 0 Å². The smallest absolute Gasteiger partial charge is 0.423 e. The number of carbonyl (C=O) groups excluding carboxylic acids is 1. The third-order valence-electron chi connectivity index (χ3n) is 4.19. The first kappa shape index (κ1) is 15.1. The summed E-state index contributed by atoms with van der Waals surface area (Å²) in [7, 11) is -1.49. The van der Waals surface area contributed by atoms with Crippen molar-refractivity contribution in [3.63, 3.8) is 0 Å². The average Bonchev–Trinajstić information content (AvgIpc) is 2.48. The van der Waals surface area contributed by atoms with Crippen LogP contribution in [0.2, 0.25) is 0 Å². The van der Waals surface area contributed by atoms with Gasteiger partial charge in [-0.15, -0.1) is 0 Å². The molecule has 1 aliphatic rings. The molecule has 0 saturated heterocycles. The Morgan fingerprint density at radius 1 is 1.20 bits per heavy atom. The van der Waals surface area contributed by atoms with Crippen molar-refractivity contribution in [2.24, 2.45) is 5.92 Å². The van der Waals surface area contributed by atoms with Crippen LogP contribution in [-0.2, 0) is 0 Å². The van der Waals surface area contributed by atoms with Crippen LogP contribution in [0, 0.1) is 5.92 Å². The summed E-state index contributed by atoms with van der Waals surface area (Å²) in [6, 6.07) is 6.55. The monoisotopic (exact) mass is 275 g/mol. The first-order valence-corrected chi connectivity index (χ1v) is 7.35. The van der Waals surface area contributed by atoms with Crippen molar-refractivity contribution in [1.82, 2.24) is 5.32 Å². The second kappa shape index (κ2) is 6.91. The Morgan fingerprint density at radius 3 is 2.35 bits per heavy atom. The fourth-order valence-corrected chi connectivity index (χ4v) is 2.85. The van der Waals surface area contributed by atoms with Crippen LogP contribution in [0.1, 0.15) is 49.4 Å². The van der Waals surface area contributed by atoms with Gasteiger partial charge in [0.05, 0.1) is 0 Å². The molecule has 0 aromatic heterocycles. The predicted molar refractivity (Wildman–Crippen MR) is 79.8 cm³/mol. The SMILES string of the molecule is CC(NC(=O)c1ccc(B(O)O)cc1)C1CCCCC1. The summed E-state index contributed by atoms with van der Waals surface area (Å²) >= 11 is 0. The van der Waals surface area contributed by atoms with E-state index in [9.17, 15) is 4.79 Å². The summed E-state index contributed by atoms with van der Waals surface area (Å²) in [5.74, 6) is 0.480. The molecule has 5 heteroatoms. The highest BCUT2D eigenvalue weighted by atomic mass is 16.4. The van der Waals surface area contributed by atoms with Gasteiger partial charge in [-0.2, -0.15) is 0 Å². The largest absolute Gasteiger partial charge is 0.488 e. The Hall–Kier alpha value is -1.33. The summed E-state index contributed by atoms with van der Waals surface area (Å²) in [5, 5.41) is 21.1. The van der Waals surface area contributed by atoms with Crippen molar-refractivity contribution < 1.29 is 14.8 Å². The number of hydrogen-bond acceptors (Lipinski definition) is 3. The molecule has 1 saturated carbocycles. The molecule has 1 amide bonds. The molecule has 0 bridgehead atoms. The predicted octanol–water partition coefficient (Wildman–Crippen LogP) is 1.06. The van der Waals surface area contributed by atoms with Gasteiger partial charge in [0.2, 0.25) is 0 Å². The van der Waals surface area contributed by atoms with Gasteiger partial charge in [-0.1, -0.05) is 31.4 Å². The molecule has 20 heavy (non-hydrogen) atoms. The Morgan fingerprint density at radius 2 is 1.80 bits per heavy atom. The number of benzene rings is 1. The molecule has 1 aliphatic carbocycles. The third kappa shape index (κ3) is 3.84. The molecule has 108 valence electrons. The quantitative estimate of drug-likeness (QED) is 0.720. The van der Waals surface area contributed by atoms with Crippen LogP contribution in [0.15, 0.2) is 24.3 Å². The molecule has 1 fully saturated rings. The number of amides is 1. The van der Waals surface area contributed by atoms with Gasteiger partial charge in [0, 0.05) is 11.6 Å². The van der Waals surface area contributed by atoms with Gasteiger partial charge in [0.1, 0.15) is 0 Å². The topological polar surface area (TPSA) is 69.6 Å². The molecular formula is C15H22BNO3. The minimum absolute atomic E-state index is 0.0953. The van der Waals surface area contributed by atoms with Gasteiger partial charge in [-0.3, -0.25) is 4.79 Å². The molecule has 4 nitrogen and oxygen atoms in total. The minimum Gasteiger partial charge on any atom is -0.423 e. The normalized spacial score (nSPS) is 17.6. The van der Waals surface area contributed by atoms with Crippen molar-refractivity contribution in [2.45, 2.75) is 45.1 Å². The maximum atomic E-state index is 12.1. The van der Waals surface area contributed by atoms with Crippen molar-refractivity contribution in [1.29, 1.82) is 0 Å². The molecule has 2 rings (SSSR count). The van der Waals surface area contributed by atoms with Crippen molar-refractivity contribution in [3.05, 3.63) is 29.8 Å². The molecule has 1 unspecified atom stereocenters. The molecule has 0 aliphatic heterocycles. The molecule has 0 radical (unpaired) electrons. The van der Waals surface area contributed by atoms with Crippen LogP contribution in [0.4, 0.5) is 0 Å². The van der Waals surface area contributed by atoms with Crippen LogP contribution in [-0.4, -0.2) is 29.1 Å². The Bertz CT molecular complexity index is 441. The second-order valence-electron chi connectivity index (χ2n) is 5.66. The number of rotatable bonds is 4. The molecule has 0 spiro atoms. The Labute approximate surface area is 120 Å². The molecule has 1 aromatic rings. The number of nitrogens with one attached hydrogen (secondary N) is 1. The van der Waals surface area contributed by atoms with Gasteiger partial charge in [0.15, 0.2) is 0 Å². The third-order valence-corrected chi connectivity index (χ3v) is 4.19. The van der Waals surface area contributed by atoms with Gasteiger partial charge in [0.25, 0.3) is 5.91 Å². The van der Waals surface area contributed by atoms with E-state index in [0.717, 1.165) is 0 Å². The summed E-state index contributed by atoms with van der Waals surface area (Å²) in [6.07, 6.45) is 6.21. The van der Waals surface area contributed by atoms with E-state index in [4.69, 9.17) is 10.0 Å². The molecule has 1 aromatic carbocycles. The van der Waals surface area contributed by atoms with Crippen LogP contribution >= 0.6 is 0 Å². The summed E-state index contributed by atoms with van der Waals surface area (Å²) in [5.41, 5.74) is 0.943. The standard InChI is InChI=1S/C15H22BNO3/c1-11(12-5-3-2-4-6-12)17-15(18)13-7-9-14(10-8-13)16(19)20/h7-12,19-20H,2-6H2,1H3,(H,17,18). The van der Waals surface area contributed by atoms with Gasteiger partial charge < -0.3 is 15.4 Å². The lowest BCUT2D eigenvalue weighted by atomic mass is 9.80. The van der Waals surface area contributed by atoms with Crippen LogP contribution < -0.4 is 10.8 Å². The summed E-state index contributed by atoms with van der Waals surface area (Å²) < 4.78 is 0. The zero-order valence-corrected chi connectivity index (χ0v) is 11.9. The highest BCUT2D eigenvalue weighted by molar-refractivity contribution is 6.58. The molecular weight excluding hydrogens is 253 g/mol. The van der Waals surface area contributed by atoms with E-state index in [2.05, 4.69) is 12.2 Å². The first-order chi connectivity index (χ1) is 9.58. The van der Waals surface area contributed by atoms with E-state index in [1.54, 1.807) is 24.3 Å². The van der Waals surface area contributed by atoms with E-state index < -0.39 is 7.12 Å². The minimum atomic E-state index is -1.49. The average molecular weight is 275 g/mol. The highest BCUT2D eigenvalue weighted by Crippen LogP contribution is 2.26. The highest BCUT2D eigenvalue weighted by Gasteiger charge is 2.22. The van der Waals surface area contributed by atoms with Crippen LogP contribution in [0.25, 0.3) is 0 Å². The van der Waals surface area contributed by atoms with E-state index in [-0.39, 0.29) is 11.9 Å². The van der Waals surface area contributed by atoms with Gasteiger partial charge >= 0.3 is 7.12 Å². The van der Waals surface area contributed by atoms with E-state index in [1.807, 2.05) is 0 Å². The lowest BCUT2D eigenvalue weighted by Gasteiger charge is -2.28. The second-order valence-corrected chi connectivity index (χ2v) is 5.66. The zero-order chi connectivity index (χ0) is 14.5. The molecule has 3 N–H and O–H groups in total. The fourth-order valence-electron chi connectivity index (χ4n) is 2.85. The summed E-state index contributed by atoms with van der Waals surface area (Å²) in [6.45, 7) is 2.07. The maximum Gasteiger partial charge on any atom is 0.488 e. The van der Waals surface area contributed by atoms with Crippen molar-refractivity contribution >= 4 is 18.5 Å².